The molecule has 0 aromatic carbocycles. The molecule has 194 valence electrons. The Morgan fingerprint density at radius 3 is 1.79 bits per heavy atom. The lowest BCUT2D eigenvalue weighted by Crippen LogP contribution is -2.54. The van der Waals surface area contributed by atoms with E-state index in [2.05, 4.69) is 16.0 Å². The first-order valence-electron chi connectivity index (χ1n) is 14.4. The first kappa shape index (κ1) is 27.2. The topological polar surface area (TPSA) is 87.3 Å². The average Bonchev–Trinajstić information content (AvgIpc) is 3.09. The molecule has 0 aliphatic heterocycles. The fourth-order valence-corrected chi connectivity index (χ4v) is 6.47. The lowest BCUT2D eigenvalue weighted by Gasteiger charge is -2.30. The highest BCUT2D eigenvalue weighted by molar-refractivity contribution is 5.83. The summed E-state index contributed by atoms with van der Waals surface area (Å²) in [6.45, 7) is 0. The van der Waals surface area contributed by atoms with Crippen LogP contribution in [-0.4, -0.2) is 43.3 Å². The minimum atomic E-state index is -0.0908. The van der Waals surface area contributed by atoms with E-state index in [0.717, 1.165) is 70.5 Å². The van der Waals surface area contributed by atoms with Gasteiger partial charge < -0.3 is 20.7 Å². The van der Waals surface area contributed by atoms with Crippen molar-refractivity contribution in [3.63, 3.8) is 0 Å². The molecule has 0 spiro atoms. The average molecular weight is 476 g/mol. The van der Waals surface area contributed by atoms with Crippen molar-refractivity contribution in [3.8, 4) is 0 Å². The van der Waals surface area contributed by atoms with Gasteiger partial charge in [0.2, 0.25) is 11.8 Å². The Morgan fingerprint density at radius 2 is 1.21 bits per heavy atom. The molecule has 3 unspecified atom stereocenters. The molecule has 6 heteroatoms. The molecule has 4 aliphatic carbocycles. The molecule has 0 aromatic rings. The summed E-state index contributed by atoms with van der Waals surface area (Å²) < 4.78 is 0. The molecule has 34 heavy (non-hydrogen) atoms. The Morgan fingerprint density at radius 1 is 0.647 bits per heavy atom. The van der Waals surface area contributed by atoms with Gasteiger partial charge in [0, 0.05) is 23.9 Å². The number of hydrogen-bond acceptors (Lipinski definition) is 4. The summed E-state index contributed by atoms with van der Waals surface area (Å²) in [5.74, 6) is 0.772. The normalized spacial score (nSPS) is 29.4. The smallest absolute Gasteiger partial charge is 0.225 e. The lowest BCUT2D eigenvalue weighted by atomic mass is 9.88. The lowest BCUT2D eigenvalue weighted by molar-refractivity contribution is -0.129. The van der Waals surface area contributed by atoms with Gasteiger partial charge in [0.1, 0.15) is 6.29 Å². The van der Waals surface area contributed by atoms with Gasteiger partial charge in [-0.2, -0.15) is 0 Å². The fraction of sp³-hybridized carbons (Fsp3) is 0.893. The largest absolute Gasteiger partial charge is 0.353 e. The predicted octanol–water partition coefficient (Wildman–Crippen LogP) is 4.65. The molecule has 0 radical (unpaired) electrons. The highest BCUT2D eigenvalue weighted by atomic mass is 16.2. The number of hydrogen-bond donors (Lipinski definition) is 3. The molecule has 6 nitrogen and oxygen atoms in total. The van der Waals surface area contributed by atoms with E-state index in [1.54, 1.807) is 0 Å². The van der Waals surface area contributed by atoms with Crippen LogP contribution in [0.15, 0.2) is 0 Å². The number of nitrogens with one attached hydrogen (secondary N) is 3. The Kier molecular flexibility index (Phi) is 11.9. The Hall–Kier alpha value is -1.43. The quantitative estimate of drug-likeness (QED) is 0.385. The van der Waals surface area contributed by atoms with Crippen LogP contribution in [0.5, 0.6) is 0 Å². The second-order valence-electron chi connectivity index (χ2n) is 11.2. The summed E-state index contributed by atoms with van der Waals surface area (Å²) in [5.41, 5.74) is 0. The number of aldehydes is 1. The molecule has 4 aliphatic rings. The molecule has 2 amide bonds. The van der Waals surface area contributed by atoms with E-state index in [-0.39, 0.29) is 35.7 Å². The zero-order valence-corrected chi connectivity index (χ0v) is 21.5. The summed E-state index contributed by atoms with van der Waals surface area (Å²) >= 11 is 0. The van der Waals surface area contributed by atoms with Gasteiger partial charge in [-0.15, -0.1) is 0 Å². The molecule has 4 fully saturated rings. The third-order valence-corrected chi connectivity index (χ3v) is 8.69. The van der Waals surface area contributed by atoms with Gasteiger partial charge in [-0.1, -0.05) is 64.2 Å². The number of carbonyl (C=O) groups is 3. The number of rotatable bonds is 6. The predicted molar refractivity (Wildman–Crippen MR) is 136 cm³/mol. The summed E-state index contributed by atoms with van der Waals surface area (Å²) in [7, 11) is 1.94. The van der Waals surface area contributed by atoms with E-state index in [0.29, 0.717) is 12.0 Å². The Labute approximate surface area is 207 Å². The molecule has 3 N–H and O–H groups in total. The SMILES string of the molecule is CNC1CCC(C(=O)NC2CCCCC2)C1NC(=O)C1CCCCC1.O=CC1CCCCCC1. The third-order valence-electron chi connectivity index (χ3n) is 8.69. The van der Waals surface area contributed by atoms with Crippen LogP contribution in [0.2, 0.25) is 0 Å². The van der Waals surface area contributed by atoms with Crippen LogP contribution in [0.25, 0.3) is 0 Å². The van der Waals surface area contributed by atoms with Crippen LogP contribution in [0.1, 0.15) is 116 Å². The fourth-order valence-electron chi connectivity index (χ4n) is 6.47. The standard InChI is InChI=1S/C20H35N3O2.C8H14O/c1-21-17-13-12-16(20(25)22-15-10-6-3-7-11-15)18(17)23-19(24)14-8-4-2-5-9-14;9-7-8-5-3-1-2-4-6-8/h14-18,21H,2-13H2,1H3,(H,22,25)(H,23,24);7-8H,1-6H2. The molecule has 0 aromatic heterocycles. The van der Waals surface area contributed by atoms with Crippen molar-refractivity contribution in [1.82, 2.24) is 16.0 Å². The minimum Gasteiger partial charge on any atom is -0.353 e. The first-order chi connectivity index (χ1) is 16.6. The molecule has 0 heterocycles. The van der Waals surface area contributed by atoms with E-state index in [1.165, 1.54) is 51.4 Å². The van der Waals surface area contributed by atoms with Crippen LogP contribution in [0, 0.1) is 17.8 Å². The van der Waals surface area contributed by atoms with Gasteiger partial charge >= 0.3 is 0 Å². The number of likely N-dealkylation sites (N-methyl/N-ethyl adjacent to an activating group) is 1. The number of carbonyl (C=O) groups excluding carboxylic acids is 3. The van der Waals surface area contributed by atoms with Crippen molar-refractivity contribution < 1.29 is 14.4 Å². The van der Waals surface area contributed by atoms with Crippen LogP contribution in [-0.2, 0) is 14.4 Å². The molecule has 4 rings (SSSR count). The van der Waals surface area contributed by atoms with Gasteiger partial charge in [0.05, 0.1) is 12.0 Å². The van der Waals surface area contributed by atoms with Crippen molar-refractivity contribution in [2.24, 2.45) is 17.8 Å². The molecule has 0 saturated heterocycles. The highest BCUT2D eigenvalue weighted by Gasteiger charge is 2.41. The summed E-state index contributed by atoms with van der Waals surface area (Å²) in [6, 6.07) is 0.474. The second kappa shape index (κ2) is 14.9. The van der Waals surface area contributed by atoms with E-state index < -0.39 is 0 Å². The van der Waals surface area contributed by atoms with Gasteiger partial charge in [0.25, 0.3) is 0 Å². The van der Waals surface area contributed by atoms with Crippen molar-refractivity contribution in [2.45, 2.75) is 134 Å². The van der Waals surface area contributed by atoms with Gasteiger partial charge in [0.15, 0.2) is 0 Å². The van der Waals surface area contributed by atoms with Crippen molar-refractivity contribution in [1.29, 1.82) is 0 Å². The van der Waals surface area contributed by atoms with Crippen molar-refractivity contribution in [3.05, 3.63) is 0 Å². The maximum Gasteiger partial charge on any atom is 0.225 e. The summed E-state index contributed by atoms with van der Waals surface area (Å²) in [4.78, 5) is 35.9. The maximum atomic E-state index is 12.9. The summed E-state index contributed by atoms with van der Waals surface area (Å²) in [6.07, 6.45) is 21.9. The molecule has 3 atom stereocenters. The third kappa shape index (κ3) is 8.35. The van der Waals surface area contributed by atoms with Gasteiger partial charge in [-0.05, 0) is 58.4 Å². The molecular formula is C28H49N3O3. The van der Waals surface area contributed by atoms with E-state index in [4.69, 9.17) is 0 Å². The van der Waals surface area contributed by atoms with Crippen molar-refractivity contribution in [2.75, 3.05) is 7.05 Å². The Bertz CT molecular complexity index is 620. The minimum absolute atomic E-state index is 0.0667. The highest BCUT2D eigenvalue weighted by Crippen LogP contribution is 2.30. The van der Waals surface area contributed by atoms with E-state index in [1.807, 2.05) is 7.05 Å². The summed E-state index contributed by atoms with van der Waals surface area (Å²) in [5, 5.41) is 9.84. The zero-order chi connectivity index (χ0) is 24.2. The van der Waals surface area contributed by atoms with Gasteiger partial charge in [-0.3, -0.25) is 9.59 Å². The maximum absolute atomic E-state index is 12.9. The molecule has 4 saturated carbocycles. The van der Waals surface area contributed by atoms with Crippen LogP contribution < -0.4 is 16.0 Å². The number of amides is 2. The van der Waals surface area contributed by atoms with Crippen molar-refractivity contribution >= 4 is 18.1 Å². The van der Waals surface area contributed by atoms with Crippen LogP contribution in [0.4, 0.5) is 0 Å². The van der Waals surface area contributed by atoms with Gasteiger partial charge in [-0.25, -0.2) is 0 Å². The first-order valence-corrected chi connectivity index (χ1v) is 14.4. The second-order valence-corrected chi connectivity index (χ2v) is 11.2. The zero-order valence-electron chi connectivity index (χ0n) is 21.5. The van der Waals surface area contributed by atoms with Crippen LogP contribution >= 0.6 is 0 Å². The van der Waals surface area contributed by atoms with E-state index in [9.17, 15) is 14.4 Å². The van der Waals surface area contributed by atoms with Crippen LogP contribution in [0.3, 0.4) is 0 Å². The molecule has 0 bridgehead atoms. The monoisotopic (exact) mass is 475 g/mol. The molecular weight excluding hydrogens is 426 g/mol. The Balaban J connectivity index is 0.000000302. The van der Waals surface area contributed by atoms with E-state index >= 15 is 0 Å².